The van der Waals surface area contributed by atoms with Crippen molar-refractivity contribution in [1.82, 2.24) is 0 Å². The molecule has 0 heterocycles. The summed E-state index contributed by atoms with van der Waals surface area (Å²) in [5, 5.41) is 0. The van der Waals surface area contributed by atoms with Crippen LogP contribution in [-0.2, 0) is 0 Å². The van der Waals surface area contributed by atoms with Gasteiger partial charge in [-0.1, -0.05) is 11.8 Å². The number of rotatable bonds is 0. The lowest BCUT2D eigenvalue weighted by molar-refractivity contribution is 2.02. The van der Waals surface area contributed by atoms with Crippen molar-refractivity contribution in [3.63, 3.8) is 0 Å². The first-order valence-corrected chi connectivity index (χ1v) is 2.08. The van der Waals surface area contributed by atoms with E-state index in [-0.39, 0.29) is 0 Å². The van der Waals surface area contributed by atoms with Gasteiger partial charge in [0.15, 0.2) is 0 Å². The van der Waals surface area contributed by atoms with E-state index in [2.05, 4.69) is 41.6 Å². The molecule has 0 aromatic carbocycles. The minimum Gasteiger partial charge on any atom is -0.0594 e. The smallest absolute Gasteiger partial charge is 0.0502 e. The summed E-state index contributed by atoms with van der Waals surface area (Å²) >= 11 is 0. The van der Waals surface area contributed by atoms with Crippen molar-refractivity contribution in [2.75, 3.05) is 0 Å². The van der Waals surface area contributed by atoms with Crippen LogP contribution in [0.25, 0.3) is 0 Å². The summed E-state index contributed by atoms with van der Waals surface area (Å²) in [6.07, 6.45) is 4.18. The van der Waals surface area contributed by atoms with Crippen molar-refractivity contribution in [1.29, 1.82) is 0 Å². The summed E-state index contributed by atoms with van der Waals surface area (Å²) in [5.74, 6) is 15.3. The van der Waals surface area contributed by atoms with E-state index in [0.717, 1.165) is 0 Å². The quantitative estimate of drug-likeness (QED) is 0.383. The van der Waals surface area contributed by atoms with Crippen LogP contribution in [0.4, 0.5) is 0 Å². The molecule has 0 aromatic rings. The van der Waals surface area contributed by atoms with Gasteiger partial charge < -0.3 is 0 Å². The first kappa shape index (κ1) is 4.58. The Morgan fingerprint density at radius 1 is 0.750 bits per heavy atom. The number of allylic oxidation sites excluding steroid dienone is 2. The number of hydrogen-bond acceptors (Lipinski definition) is 0. The standard InChI is InChI=1S/C8H/c1-2-4-6-8-7-5-3-1/h1H. The Hall–Kier alpha value is -1.58. The van der Waals surface area contributed by atoms with E-state index in [4.69, 9.17) is 0 Å². The van der Waals surface area contributed by atoms with Gasteiger partial charge in [0.05, 0.1) is 6.08 Å². The van der Waals surface area contributed by atoms with Crippen LogP contribution >= 0.6 is 0 Å². The molecule has 0 spiro atoms. The Labute approximate surface area is 48.6 Å². The minimum atomic E-state index is 1.56. The molecule has 0 aromatic heterocycles. The normalized spacial score (nSPS) is 10.0. The number of hydrogen-bond donors (Lipinski definition) is 0. The largest absolute Gasteiger partial charge is 0.0594 e. The molecule has 1 rings (SSSR count). The molecule has 0 atom stereocenters. The third kappa shape index (κ3) is 1.25. The maximum absolute atomic E-state index is 2.62. The summed E-state index contributed by atoms with van der Waals surface area (Å²) < 4.78 is 0. The third-order valence-electron chi connectivity index (χ3n) is 0.539. The van der Waals surface area contributed by atoms with Crippen molar-refractivity contribution in [2.24, 2.45) is 0 Å². The van der Waals surface area contributed by atoms with E-state index in [0.29, 0.717) is 0 Å². The van der Waals surface area contributed by atoms with E-state index in [1.165, 1.54) is 0 Å². The minimum absolute atomic E-state index is 1.56. The van der Waals surface area contributed by atoms with Crippen molar-refractivity contribution in [3.8, 4) is 35.5 Å². The monoisotopic (exact) mass is 97.0 g/mol. The lowest BCUT2D eigenvalue weighted by atomic mass is 10.4. The fraction of sp³-hybridized carbons (Fsp3) is 0. The van der Waals surface area contributed by atoms with Crippen LogP contribution < -0.4 is 0 Å². The lowest BCUT2D eigenvalue weighted by Gasteiger charge is -1.62. The van der Waals surface area contributed by atoms with Gasteiger partial charge in [0.1, 0.15) is 0 Å². The molecule has 0 N–H and O–H groups in total. The molecule has 1 aliphatic carbocycles. The molecular formula is C8H. The van der Waals surface area contributed by atoms with E-state index in [9.17, 15) is 0 Å². The summed E-state index contributed by atoms with van der Waals surface area (Å²) in [5.41, 5.74) is 0. The second-order valence-corrected chi connectivity index (χ2v) is 1.06. The molecular weight excluding hydrogens is 96.1 g/mol. The lowest BCUT2D eigenvalue weighted by Crippen LogP contribution is -1.58. The predicted octanol–water partition coefficient (Wildman–Crippen LogP) is 0.370. The maximum atomic E-state index is 2.62. The molecule has 0 fully saturated rings. The van der Waals surface area contributed by atoms with Crippen molar-refractivity contribution in [2.45, 2.75) is 0 Å². The molecule has 0 amide bonds. The molecule has 0 bridgehead atoms. The second-order valence-electron chi connectivity index (χ2n) is 1.06. The first-order valence-electron chi connectivity index (χ1n) is 2.08. The molecule has 1 radical (unpaired) electrons. The molecule has 0 aliphatic heterocycles. The predicted molar refractivity (Wildman–Crippen MR) is 31.1 cm³/mol. The second kappa shape index (κ2) is 2.57. The Bertz CT molecular complexity index is 245. The Morgan fingerprint density at radius 3 is 2.50 bits per heavy atom. The van der Waals surface area contributed by atoms with Crippen LogP contribution in [0.3, 0.4) is 0 Å². The van der Waals surface area contributed by atoms with E-state index < -0.39 is 0 Å². The molecule has 0 saturated carbocycles. The zero-order valence-electron chi connectivity index (χ0n) is 4.08. The molecule has 0 saturated heterocycles. The molecule has 1 aliphatic rings. The van der Waals surface area contributed by atoms with Crippen LogP contribution in [0.1, 0.15) is 0 Å². The van der Waals surface area contributed by atoms with Crippen LogP contribution in [0.2, 0.25) is 0 Å². The van der Waals surface area contributed by atoms with E-state index >= 15 is 0 Å². The third-order valence-corrected chi connectivity index (χ3v) is 0.539. The van der Waals surface area contributed by atoms with Gasteiger partial charge in [0.25, 0.3) is 0 Å². The maximum Gasteiger partial charge on any atom is 0.0502 e. The van der Waals surface area contributed by atoms with E-state index in [1.807, 2.05) is 0 Å². The highest BCUT2D eigenvalue weighted by Crippen LogP contribution is 1.66. The van der Waals surface area contributed by atoms with Gasteiger partial charge in [0, 0.05) is 6.08 Å². The molecule has 33 valence electrons. The van der Waals surface area contributed by atoms with Crippen molar-refractivity contribution in [3.05, 3.63) is 12.2 Å². The first-order chi connectivity index (χ1) is 4.00. The average molecular weight is 97.1 g/mol. The van der Waals surface area contributed by atoms with Gasteiger partial charge >= 0.3 is 0 Å². The Balaban J connectivity index is 2.93. The SMILES string of the molecule is [C]1=CC#CC#CC#C1. The molecule has 0 nitrogen and oxygen atoms in total. The van der Waals surface area contributed by atoms with Gasteiger partial charge in [-0.15, -0.1) is 0 Å². The summed E-state index contributed by atoms with van der Waals surface area (Å²) in [7, 11) is 0. The Kier molecular flexibility index (Phi) is 1.47. The molecule has 8 heavy (non-hydrogen) atoms. The summed E-state index contributed by atoms with van der Waals surface area (Å²) in [6.45, 7) is 0. The highest BCUT2D eigenvalue weighted by Gasteiger charge is 1.61. The van der Waals surface area contributed by atoms with Gasteiger partial charge in [-0.25, -0.2) is 0 Å². The Morgan fingerprint density at radius 2 is 1.50 bits per heavy atom. The van der Waals surface area contributed by atoms with Crippen LogP contribution in [0.5, 0.6) is 0 Å². The van der Waals surface area contributed by atoms with Crippen molar-refractivity contribution < 1.29 is 0 Å². The van der Waals surface area contributed by atoms with E-state index in [1.54, 1.807) is 6.08 Å². The van der Waals surface area contributed by atoms with Crippen molar-refractivity contribution >= 4 is 0 Å². The zero-order chi connectivity index (χ0) is 5.66. The van der Waals surface area contributed by atoms with Gasteiger partial charge in [-0.3, -0.25) is 0 Å². The summed E-state index contributed by atoms with van der Waals surface area (Å²) in [6, 6.07) is 0. The zero-order valence-corrected chi connectivity index (χ0v) is 4.08. The summed E-state index contributed by atoms with van der Waals surface area (Å²) in [4.78, 5) is 0. The van der Waals surface area contributed by atoms with Crippen LogP contribution in [-0.4, -0.2) is 0 Å². The fourth-order valence-electron chi connectivity index (χ4n) is 0.274. The highest BCUT2D eigenvalue weighted by molar-refractivity contribution is 5.41. The van der Waals surface area contributed by atoms with Gasteiger partial charge in [0.2, 0.25) is 0 Å². The molecule has 0 unspecified atom stereocenters. The highest BCUT2D eigenvalue weighted by atomic mass is 13.6. The van der Waals surface area contributed by atoms with Crippen LogP contribution in [0.15, 0.2) is 6.08 Å². The van der Waals surface area contributed by atoms with Crippen LogP contribution in [0, 0.1) is 41.6 Å². The van der Waals surface area contributed by atoms with Gasteiger partial charge in [-0.05, 0) is 23.7 Å². The van der Waals surface area contributed by atoms with Gasteiger partial charge in [-0.2, -0.15) is 0 Å². The molecule has 0 heteroatoms. The average Bonchev–Trinajstić information content (AvgIpc) is 1.62. The fourth-order valence-corrected chi connectivity index (χ4v) is 0.274. The topological polar surface area (TPSA) is 0 Å².